The number of nitrogens with zero attached hydrogens (tertiary/aromatic N) is 4. The van der Waals surface area contributed by atoms with Crippen molar-refractivity contribution in [2.75, 3.05) is 0 Å². The molecule has 2 heterocycles. The summed E-state index contributed by atoms with van der Waals surface area (Å²) in [4.78, 5) is 5.21. The van der Waals surface area contributed by atoms with E-state index < -0.39 is 17.3 Å². The maximum Gasteiger partial charge on any atom is 0.232 e. The Morgan fingerprint density at radius 2 is 1.76 bits per heavy atom. The van der Waals surface area contributed by atoms with Gasteiger partial charge in [-0.3, -0.25) is 14.1 Å². The molecule has 1 aromatic heterocycles. The fourth-order valence-corrected chi connectivity index (χ4v) is 4.53. The molecule has 0 fully saturated rings. The van der Waals surface area contributed by atoms with Gasteiger partial charge in [0.15, 0.2) is 5.82 Å². The van der Waals surface area contributed by atoms with Gasteiger partial charge in [-0.15, -0.1) is 10.2 Å². The lowest BCUT2D eigenvalue weighted by Crippen LogP contribution is -2.18. The zero-order chi connectivity index (χ0) is 22.9. The SMILES string of the molecule is Cc1nnc2n1-c1ccccc1C(c1ccc(Cl)cc1)=NC2c1ccccc1CNS(=O)O. The Balaban J connectivity index is 1.77. The Morgan fingerprint density at radius 1 is 1.03 bits per heavy atom. The van der Waals surface area contributed by atoms with E-state index in [1.54, 1.807) is 0 Å². The largest absolute Gasteiger partial charge is 0.294 e. The highest BCUT2D eigenvalue weighted by Gasteiger charge is 2.30. The molecule has 9 heteroatoms. The average molecular weight is 478 g/mol. The number of para-hydroxylation sites is 1. The number of nitrogens with one attached hydrogen (secondary N) is 1. The van der Waals surface area contributed by atoms with Crippen molar-refractivity contribution in [3.63, 3.8) is 0 Å². The van der Waals surface area contributed by atoms with Crippen LogP contribution < -0.4 is 4.72 Å². The van der Waals surface area contributed by atoms with E-state index in [0.29, 0.717) is 10.8 Å². The van der Waals surface area contributed by atoms with Crippen molar-refractivity contribution >= 4 is 28.6 Å². The van der Waals surface area contributed by atoms with Crippen LogP contribution in [0.3, 0.4) is 0 Å². The number of fused-ring (bicyclic) bond motifs is 3. The molecule has 0 amide bonds. The highest BCUT2D eigenvalue weighted by atomic mass is 35.5. The van der Waals surface area contributed by atoms with Gasteiger partial charge in [-0.05, 0) is 36.2 Å². The van der Waals surface area contributed by atoms with Crippen molar-refractivity contribution in [3.05, 3.63) is 112 Å². The molecule has 0 saturated heterocycles. The van der Waals surface area contributed by atoms with Crippen LogP contribution in [-0.2, 0) is 17.8 Å². The number of halogens is 1. The normalized spacial score (nSPS) is 15.8. The van der Waals surface area contributed by atoms with Gasteiger partial charge in [0.2, 0.25) is 11.3 Å². The maximum absolute atomic E-state index is 11.3. The third-order valence-electron chi connectivity index (χ3n) is 5.61. The summed E-state index contributed by atoms with van der Waals surface area (Å²) in [6.07, 6.45) is 0. The molecule has 2 unspecified atom stereocenters. The third kappa shape index (κ3) is 4.14. The number of aryl methyl sites for hydroxylation is 1. The summed E-state index contributed by atoms with van der Waals surface area (Å²) in [5.41, 5.74) is 5.37. The van der Waals surface area contributed by atoms with Crippen LogP contribution >= 0.6 is 11.6 Å². The molecule has 7 nitrogen and oxygen atoms in total. The molecule has 5 rings (SSSR count). The van der Waals surface area contributed by atoms with Crippen LogP contribution in [0.2, 0.25) is 5.02 Å². The molecule has 3 aromatic carbocycles. The van der Waals surface area contributed by atoms with Gasteiger partial charge in [0.1, 0.15) is 11.9 Å². The summed E-state index contributed by atoms with van der Waals surface area (Å²) >= 11 is 4.02. The third-order valence-corrected chi connectivity index (χ3v) is 6.25. The van der Waals surface area contributed by atoms with E-state index in [1.165, 1.54) is 0 Å². The molecule has 0 spiro atoms. The van der Waals surface area contributed by atoms with Crippen molar-refractivity contribution in [1.29, 1.82) is 0 Å². The number of hydrogen-bond acceptors (Lipinski definition) is 4. The van der Waals surface area contributed by atoms with Gasteiger partial charge in [0, 0.05) is 22.7 Å². The van der Waals surface area contributed by atoms with Crippen LogP contribution in [0, 0.1) is 6.92 Å². The summed E-state index contributed by atoms with van der Waals surface area (Å²) in [7, 11) is 0. The van der Waals surface area contributed by atoms with E-state index in [9.17, 15) is 8.76 Å². The summed E-state index contributed by atoms with van der Waals surface area (Å²) < 4.78 is 25.1. The van der Waals surface area contributed by atoms with Crippen molar-refractivity contribution < 1.29 is 8.76 Å². The first-order valence-electron chi connectivity index (χ1n) is 10.3. The van der Waals surface area contributed by atoms with Crippen molar-refractivity contribution in [2.24, 2.45) is 4.99 Å². The highest BCUT2D eigenvalue weighted by molar-refractivity contribution is 7.77. The van der Waals surface area contributed by atoms with Gasteiger partial charge in [0.05, 0.1) is 11.4 Å². The molecule has 1 aliphatic heterocycles. The lowest BCUT2D eigenvalue weighted by atomic mass is 9.98. The van der Waals surface area contributed by atoms with E-state index in [2.05, 4.69) is 14.9 Å². The monoisotopic (exact) mass is 477 g/mol. The Labute approximate surface area is 198 Å². The number of aliphatic imine (C=N–C) groups is 1. The Morgan fingerprint density at radius 3 is 2.55 bits per heavy atom. The molecule has 1 aliphatic rings. The fraction of sp³-hybridized carbons (Fsp3) is 0.125. The minimum Gasteiger partial charge on any atom is -0.294 e. The number of hydrogen-bond donors (Lipinski definition) is 2. The first-order valence-corrected chi connectivity index (χ1v) is 11.8. The summed E-state index contributed by atoms with van der Waals surface area (Å²) in [5, 5.41) is 9.51. The number of benzene rings is 3. The number of aromatic nitrogens is 3. The zero-order valence-corrected chi connectivity index (χ0v) is 19.2. The molecule has 166 valence electrons. The summed E-state index contributed by atoms with van der Waals surface area (Å²) in [6, 6.07) is 22.9. The molecular weight excluding hydrogens is 458 g/mol. The number of rotatable bonds is 5. The van der Waals surface area contributed by atoms with E-state index >= 15 is 0 Å². The van der Waals surface area contributed by atoms with Crippen molar-refractivity contribution in [2.45, 2.75) is 19.5 Å². The summed E-state index contributed by atoms with van der Waals surface area (Å²) in [6.45, 7) is 2.13. The molecule has 0 bridgehead atoms. The Bertz CT molecular complexity index is 1380. The second-order valence-electron chi connectivity index (χ2n) is 7.61. The molecule has 4 aromatic rings. The lowest BCUT2D eigenvalue weighted by Gasteiger charge is -2.17. The minimum atomic E-state index is -2.13. The van der Waals surface area contributed by atoms with Crippen molar-refractivity contribution in [3.8, 4) is 5.69 Å². The minimum absolute atomic E-state index is 0.210. The maximum atomic E-state index is 11.3. The smallest absolute Gasteiger partial charge is 0.232 e. The Hall–Kier alpha value is -3.17. The van der Waals surface area contributed by atoms with Gasteiger partial charge >= 0.3 is 0 Å². The van der Waals surface area contributed by atoms with Gasteiger partial charge in [-0.2, -0.15) is 0 Å². The second-order valence-corrected chi connectivity index (χ2v) is 8.84. The first kappa shape index (κ1) is 21.7. The van der Waals surface area contributed by atoms with E-state index in [4.69, 9.17) is 16.6 Å². The highest BCUT2D eigenvalue weighted by Crippen LogP contribution is 2.35. The summed E-state index contributed by atoms with van der Waals surface area (Å²) in [5.74, 6) is 1.43. The molecule has 0 saturated carbocycles. The van der Waals surface area contributed by atoms with Crippen LogP contribution in [0.25, 0.3) is 5.69 Å². The molecule has 2 atom stereocenters. The standard InChI is InChI=1S/C24H20ClN5O2S/c1-15-28-29-24-23(19-7-3-2-6-17(19)14-26-33(31)32)27-22(16-10-12-18(25)13-11-16)20-8-4-5-9-21(20)30(15)24/h2-13,23,26H,14H2,1H3,(H,31,32). The van der Waals surface area contributed by atoms with Gasteiger partial charge in [-0.25, -0.2) is 8.93 Å². The predicted molar refractivity (Wildman–Crippen MR) is 129 cm³/mol. The second kappa shape index (κ2) is 8.99. The van der Waals surface area contributed by atoms with Gasteiger partial charge in [-0.1, -0.05) is 66.2 Å². The molecule has 0 radical (unpaired) electrons. The van der Waals surface area contributed by atoms with Gasteiger partial charge < -0.3 is 0 Å². The topological polar surface area (TPSA) is 92.4 Å². The lowest BCUT2D eigenvalue weighted by molar-refractivity contribution is 0.548. The molecular formula is C24H20ClN5O2S. The first-order chi connectivity index (χ1) is 16.0. The Kier molecular flexibility index (Phi) is 5.90. The van der Waals surface area contributed by atoms with Gasteiger partial charge in [0.25, 0.3) is 0 Å². The predicted octanol–water partition coefficient (Wildman–Crippen LogP) is 4.40. The van der Waals surface area contributed by atoms with Crippen LogP contribution in [0.15, 0.2) is 77.8 Å². The van der Waals surface area contributed by atoms with Crippen LogP contribution in [0.1, 0.15) is 39.9 Å². The van der Waals surface area contributed by atoms with E-state index in [-0.39, 0.29) is 6.54 Å². The quantitative estimate of drug-likeness (QED) is 0.417. The fourth-order valence-electron chi connectivity index (χ4n) is 4.13. The van der Waals surface area contributed by atoms with E-state index in [0.717, 1.165) is 39.5 Å². The van der Waals surface area contributed by atoms with Crippen molar-refractivity contribution in [1.82, 2.24) is 19.5 Å². The molecule has 33 heavy (non-hydrogen) atoms. The molecule has 2 N–H and O–H groups in total. The van der Waals surface area contributed by atoms with Crippen LogP contribution in [0.5, 0.6) is 0 Å². The molecule has 0 aliphatic carbocycles. The zero-order valence-electron chi connectivity index (χ0n) is 17.6. The van der Waals surface area contributed by atoms with E-state index in [1.807, 2.05) is 84.3 Å². The van der Waals surface area contributed by atoms with Crippen LogP contribution in [-0.4, -0.2) is 29.2 Å². The average Bonchev–Trinajstić information content (AvgIpc) is 3.13. The van der Waals surface area contributed by atoms with Crippen LogP contribution in [0.4, 0.5) is 0 Å².